The highest BCUT2D eigenvalue weighted by Gasteiger charge is 2.20. The quantitative estimate of drug-likeness (QED) is 0.206. The molecule has 0 nitrogen and oxygen atoms in total. The Kier molecular flexibility index (Phi) is 10.2. The molecule has 0 bridgehead atoms. The average Bonchev–Trinajstić information content (AvgIpc) is 2.93. The number of allylic oxidation sites excluding steroid dienone is 4. The molecule has 1 saturated carbocycles. The molecular weight excluding hydrogens is 451 g/mol. The van der Waals surface area contributed by atoms with E-state index >= 15 is 0 Å². The largest absolute Gasteiger partial charge is 0.206 e. The fourth-order valence-corrected chi connectivity index (χ4v) is 5.59. The van der Waals surface area contributed by atoms with Crippen LogP contribution in [0.15, 0.2) is 78.9 Å². The van der Waals surface area contributed by atoms with E-state index in [9.17, 15) is 4.39 Å². The molecule has 3 aromatic rings. The second-order valence-corrected chi connectivity index (χ2v) is 10.6. The van der Waals surface area contributed by atoms with Crippen molar-refractivity contribution in [3.05, 3.63) is 107 Å². The third-order valence-electron chi connectivity index (χ3n) is 7.94. The number of hydrogen-bond donors (Lipinski definition) is 0. The molecule has 0 heterocycles. The van der Waals surface area contributed by atoms with Crippen molar-refractivity contribution in [3.8, 4) is 11.8 Å². The van der Waals surface area contributed by atoms with Crippen LogP contribution >= 0.6 is 0 Å². The molecule has 0 aliphatic heterocycles. The van der Waals surface area contributed by atoms with E-state index in [4.69, 9.17) is 0 Å². The summed E-state index contributed by atoms with van der Waals surface area (Å²) in [4.78, 5) is 0. The van der Waals surface area contributed by atoms with Crippen molar-refractivity contribution in [2.24, 2.45) is 11.8 Å². The lowest BCUT2D eigenvalue weighted by Gasteiger charge is -2.28. The zero-order valence-corrected chi connectivity index (χ0v) is 22.6. The number of rotatable bonds is 9. The summed E-state index contributed by atoms with van der Waals surface area (Å²) in [6.07, 6.45) is 20.9. The molecule has 1 heteroatoms. The predicted molar refractivity (Wildman–Crippen MR) is 157 cm³/mol. The van der Waals surface area contributed by atoms with Crippen LogP contribution in [0.25, 0.3) is 10.8 Å². The lowest BCUT2D eigenvalue weighted by molar-refractivity contribution is 0.254. The molecule has 4 rings (SSSR count). The van der Waals surface area contributed by atoms with Gasteiger partial charge in [-0.3, -0.25) is 0 Å². The molecule has 3 aromatic carbocycles. The molecule has 192 valence electrons. The molecule has 37 heavy (non-hydrogen) atoms. The number of hydrogen-bond acceptors (Lipinski definition) is 0. The molecule has 0 spiro atoms. The SMILES string of the molecule is C/C=C/CCc1ccc2cc(C#Cc3ccc(CCC4CCC(CC/C=C/C)CC4)cc3)ccc2c1F. The molecule has 1 aliphatic rings. The Hall–Kier alpha value is -3.11. The number of aryl methyl sites for hydroxylation is 2. The smallest absolute Gasteiger partial charge is 0.134 e. The molecule has 0 atom stereocenters. The van der Waals surface area contributed by atoms with Crippen LogP contribution < -0.4 is 0 Å². The van der Waals surface area contributed by atoms with Crippen molar-refractivity contribution < 1.29 is 4.39 Å². The Morgan fingerprint density at radius 1 is 0.730 bits per heavy atom. The molecule has 1 aliphatic carbocycles. The summed E-state index contributed by atoms with van der Waals surface area (Å²) >= 11 is 0. The first kappa shape index (κ1) is 26.9. The van der Waals surface area contributed by atoms with Crippen LogP contribution in [-0.4, -0.2) is 0 Å². The first-order valence-electron chi connectivity index (χ1n) is 14.2. The monoisotopic (exact) mass is 492 g/mol. The highest BCUT2D eigenvalue weighted by molar-refractivity contribution is 5.85. The molecular formula is C36H41F. The molecule has 0 aromatic heterocycles. The normalized spacial score (nSPS) is 17.9. The maximum absolute atomic E-state index is 14.9. The molecule has 0 N–H and O–H groups in total. The first-order valence-corrected chi connectivity index (χ1v) is 14.2. The van der Waals surface area contributed by atoms with Crippen molar-refractivity contribution in [2.45, 2.75) is 78.1 Å². The van der Waals surface area contributed by atoms with Gasteiger partial charge in [-0.1, -0.05) is 92.2 Å². The fraction of sp³-hybridized carbons (Fsp3) is 0.389. The van der Waals surface area contributed by atoms with Crippen molar-refractivity contribution in [3.63, 3.8) is 0 Å². The Labute approximate surface area is 223 Å². The van der Waals surface area contributed by atoms with E-state index in [0.717, 1.165) is 53.2 Å². The van der Waals surface area contributed by atoms with Crippen LogP contribution in [0, 0.1) is 29.5 Å². The van der Waals surface area contributed by atoms with Crippen molar-refractivity contribution >= 4 is 10.8 Å². The third kappa shape index (κ3) is 7.93. The zero-order chi connectivity index (χ0) is 25.9. The summed E-state index contributed by atoms with van der Waals surface area (Å²) in [5, 5.41) is 1.58. The lowest BCUT2D eigenvalue weighted by Crippen LogP contribution is -2.15. The fourth-order valence-electron chi connectivity index (χ4n) is 5.59. The van der Waals surface area contributed by atoms with E-state index < -0.39 is 0 Å². The van der Waals surface area contributed by atoms with E-state index in [-0.39, 0.29) is 5.82 Å². The van der Waals surface area contributed by atoms with Gasteiger partial charge in [0.25, 0.3) is 0 Å². The second kappa shape index (κ2) is 14.0. The predicted octanol–water partition coefficient (Wildman–Crippen LogP) is 9.98. The minimum absolute atomic E-state index is 0.102. The number of fused-ring (bicyclic) bond motifs is 1. The number of benzene rings is 3. The molecule has 0 radical (unpaired) electrons. The highest BCUT2D eigenvalue weighted by Crippen LogP contribution is 2.34. The van der Waals surface area contributed by atoms with Gasteiger partial charge in [0.1, 0.15) is 5.82 Å². The van der Waals surface area contributed by atoms with Gasteiger partial charge in [0.15, 0.2) is 0 Å². The second-order valence-electron chi connectivity index (χ2n) is 10.6. The Bertz CT molecular complexity index is 1260. The maximum atomic E-state index is 14.9. The van der Waals surface area contributed by atoms with Gasteiger partial charge in [0.2, 0.25) is 0 Å². The van der Waals surface area contributed by atoms with Gasteiger partial charge in [0.05, 0.1) is 0 Å². The van der Waals surface area contributed by atoms with Gasteiger partial charge in [-0.05, 0) is 105 Å². The van der Waals surface area contributed by atoms with E-state index in [1.807, 2.05) is 43.3 Å². The minimum atomic E-state index is -0.102. The van der Waals surface area contributed by atoms with Crippen LogP contribution in [0.3, 0.4) is 0 Å². The maximum Gasteiger partial charge on any atom is 0.134 e. The summed E-state index contributed by atoms with van der Waals surface area (Å²) in [6, 6.07) is 18.5. The zero-order valence-electron chi connectivity index (χ0n) is 22.6. The van der Waals surface area contributed by atoms with Crippen molar-refractivity contribution in [2.75, 3.05) is 0 Å². The Morgan fingerprint density at radius 2 is 1.38 bits per heavy atom. The van der Waals surface area contributed by atoms with Gasteiger partial charge in [-0.25, -0.2) is 4.39 Å². The van der Waals surface area contributed by atoms with Crippen molar-refractivity contribution in [1.29, 1.82) is 0 Å². The highest BCUT2D eigenvalue weighted by atomic mass is 19.1. The summed E-state index contributed by atoms with van der Waals surface area (Å²) < 4.78 is 14.9. The van der Waals surface area contributed by atoms with Crippen LogP contribution in [-0.2, 0) is 12.8 Å². The summed E-state index contributed by atoms with van der Waals surface area (Å²) in [5.41, 5.74) is 4.12. The Morgan fingerprint density at radius 3 is 2.11 bits per heavy atom. The van der Waals surface area contributed by atoms with E-state index in [1.165, 1.54) is 50.5 Å². The Balaban J connectivity index is 1.29. The first-order chi connectivity index (χ1) is 18.2. The molecule has 0 saturated heterocycles. The topological polar surface area (TPSA) is 0 Å². The standard InChI is InChI=1S/C36H41F/c1-3-5-7-9-28-11-13-29(14-12-28)15-16-30-17-19-31(20-18-30)21-22-32-23-26-35-34(27-32)25-24-33(36(35)37)10-8-6-4-2/h3-6,17-20,23-29H,7-16H2,1-2H3/b5-3+,6-4+. The van der Waals surface area contributed by atoms with Crippen LogP contribution in [0.2, 0.25) is 0 Å². The van der Waals surface area contributed by atoms with Crippen LogP contribution in [0.5, 0.6) is 0 Å². The lowest BCUT2D eigenvalue weighted by atomic mass is 9.78. The van der Waals surface area contributed by atoms with Crippen LogP contribution in [0.4, 0.5) is 4.39 Å². The van der Waals surface area contributed by atoms with Gasteiger partial charge in [-0.15, -0.1) is 0 Å². The van der Waals surface area contributed by atoms with E-state index in [1.54, 1.807) is 0 Å². The van der Waals surface area contributed by atoms with Crippen LogP contribution in [0.1, 0.15) is 87.5 Å². The molecule has 0 amide bonds. The van der Waals surface area contributed by atoms with Gasteiger partial charge >= 0.3 is 0 Å². The third-order valence-corrected chi connectivity index (χ3v) is 7.94. The summed E-state index contributed by atoms with van der Waals surface area (Å²) in [6.45, 7) is 4.11. The van der Waals surface area contributed by atoms with Gasteiger partial charge in [-0.2, -0.15) is 0 Å². The van der Waals surface area contributed by atoms with E-state index in [0.29, 0.717) is 5.39 Å². The molecule has 1 fully saturated rings. The minimum Gasteiger partial charge on any atom is -0.206 e. The van der Waals surface area contributed by atoms with E-state index in [2.05, 4.69) is 61.3 Å². The average molecular weight is 493 g/mol. The van der Waals surface area contributed by atoms with Gasteiger partial charge in [0, 0.05) is 16.5 Å². The van der Waals surface area contributed by atoms with Crippen molar-refractivity contribution in [1.82, 2.24) is 0 Å². The number of halogens is 1. The summed E-state index contributed by atoms with van der Waals surface area (Å²) in [7, 11) is 0. The molecule has 0 unspecified atom stereocenters. The summed E-state index contributed by atoms with van der Waals surface area (Å²) in [5.74, 6) is 8.29. The van der Waals surface area contributed by atoms with Gasteiger partial charge < -0.3 is 0 Å².